The zero-order chi connectivity index (χ0) is 10.8. The average molecular weight is 223 g/mol. The van der Waals surface area contributed by atoms with E-state index in [9.17, 15) is 0 Å². The molecule has 15 heavy (non-hydrogen) atoms. The second-order valence-corrected chi connectivity index (χ2v) is 3.62. The van der Waals surface area contributed by atoms with Gasteiger partial charge in [0.25, 0.3) is 0 Å². The monoisotopic (exact) mass is 222 g/mol. The minimum Gasteiger partial charge on any atom is -0.448 e. The summed E-state index contributed by atoms with van der Waals surface area (Å²) in [6, 6.07) is 5.42. The van der Waals surface area contributed by atoms with Crippen molar-refractivity contribution in [2.24, 2.45) is 0 Å². The summed E-state index contributed by atoms with van der Waals surface area (Å²) in [6.45, 7) is 1.99. The molecule has 1 aromatic heterocycles. The SMILES string of the molecule is CCc1nc(-c2ccc(Cl)c(N)c2)co1. The van der Waals surface area contributed by atoms with Gasteiger partial charge in [-0.2, -0.15) is 0 Å². The molecule has 0 spiro atoms. The van der Waals surface area contributed by atoms with Crippen LogP contribution in [0.5, 0.6) is 0 Å². The van der Waals surface area contributed by atoms with Crippen molar-refractivity contribution in [1.82, 2.24) is 4.98 Å². The highest BCUT2D eigenvalue weighted by Gasteiger charge is 2.06. The van der Waals surface area contributed by atoms with Gasteiger partial charge < -0.3 is 10.2 Å². The number of nitrogens with two attached hydrogens (primary N) is 1. The minimum atomic E-state index is 0.551. The van der Waals surface area contributed by atoms with Crippen LogP contribution in [0.25, 0.3) is 11.3 Å². The Morgan fingerprint density at radius 2 is 2.27 bits per heavy atom. The lowest BCUT2D eigenvalue weighted by Crippen LogP contribution is -1.87. The van der Waals surface area contributed by atoms with Crippen LogP contribution >= 0.6 is 11.6 Å². The predicted octanol–water partition coefficient (Wildman–Crippen LogP) is 3.14. The van der Waals surface area contributed by atoms with Crippen LogP contribution in [0, 0.1) is 0 Å². The fourth-order valence-corrected chi connectivity index (χ4v) is 1.43. The molecule has 0 aliphatic rings. The van der Waals surface area contributed by atoms with Crippen molar-refractivity contribution in [2.75, 3.05) is 5.73 Å². The van der Waals surface area contributed by atoms with E-state index < -0.39 is 0 Å². The van der Waals surface area contributed by atoms with Crippen LogP contribution in [0.2, 0.25) is 5.02 Å². The summed E-state index contributed by atoms with van der Waals surface area (Å²) < 4.78 is 5.25. The van der Waals surface area contributed by atoms with Crippen molar-refractivity contribution in [3.05, 3.63) is 35.4 Å². The molecule has 0 radical (unpaired) electrons. The number of hydrogen-bond donors (Lipinski definition) is 1. The lowest BCUT2D eigenvalue weighted by molar-refractivity contribution is 0.502. The van der Waals surface area contributed by atoms with Crippen molar-refractivity contribution in [2.45, 2.75) is 13.3 Å². The number of halogens is 1. The molecule has 0 atom stereocenters. The number of aryl methyl sites for hydroxylation is 1. The van der Waals surface area contributed by atoms with Crippen molar-refractivity contribution >= 4 is 17.3 Å². The third-order valence-corrected chi connectivity index (χ3v) is 2.49. The molecule has 2 N–H and O–H groups in total. The number of rotatable bonds is 2. The van der Waals surface area contributed by atoms with Gasteiger partial charge in [-0.1, -0.05) is 24.6 Å². The Bertz CT molecular complexity index is 479. The summed E-state index contributed by atoms with van der Waals surface area (Å²) in [7, 11) is 0. The molecule has 0 saturated carbocycles. The third-order valence-electron chi connectivity index (χ3n) is 2.15. The first-order valence-electron chi connectivity index (χ1n) is 4.70. The number of aromatic nitrogens is 1. The summed E-state index contributed by atoms with van der Waals surface area (Å²) in [4.78, 5) is 4.30. The molecule has 1 heterocycles. The van der Waals surface area contributed by atoms with E-state index in [-0.39, 0.29) is 0 Å². The van der Waals surface area contributed by atoms with Crippen molar-refractivity contribution < 1.29 is 4.42 Å². The zero-order valence-corrected chi connectivity index (χ0v) is 9.08. The highest BCUT2D eigenvalue weighted by molar-refractivity contribution is 6.33. The molecule has 2 aromatic rings. The van der Waals surface area contributed by atoms with Gasteiger partial charge in [0.2, 0.25) is 0 Å². The smallest absolute Gasteiger partial charge is 0.194 e. The highest BCUT2D eigenvalue weighted by atomic mass is 35.5. The molecule has 0 saturated heterocycles. The molecule has 0 unspecified atom stereocenters. The first kappa shape index (κ1) is 10.1. The molecule has 78 valence electrons. The maximum absolute atomic E-state index is 5.83. The van der Waals surface area contributed by atoms with Crippen LogP contribution < -0.4 is 5.73 Å². The largest absolute Gasteiger partial charge is 0.448 e. The molecule has 0 amide bonds. The Kier molecular flexibility index (Phi) is 2.64. The van der Waals surface area contributed by atoms with E-state index in [4.69, 9.17) is 21.8 Å². The highest BCUT2D eigenvalue weighted by Crippen LogP contribution is 2.26. The summed E-state index contributed by atoms with van der Waals surface area (Å²) in [6.07, 6.45) is 2.41. The van der Waals surface area contributed by atoms with E-state index in [1.165, 1.54) is 0 Å². The second kappa shape index (κ2) is 3.95. The Balaban J connectivity index is 2.40. The lowest BCUT2D eigenvalue weighted by Gasteiger charge is -1.99. The predicted molar refractivity (Wildman–Crippen MR) is 60.7 cm³/mol. The van der Waals surface area contributed by atoms with Gasteiger partial charge in [-0.15, -0.1) is 0 Å². The summed E-state index contributed by atoms with van der Waals surface area (Å²) in [5.41, 5.74) is 7.96. The number of anilines is 1. The maximum Gasteiger partial charge on any atom is 0.194 e. The second-order valence-electron chi connectivity index (χ2n) is 3.22. The quantitative estimate of drug-likeness (QED) is 0.795. The number of nitrogen functional groups attached to an aromatic ring is 1. The van der Waals surface area contributed by atoms with Crippen molar-refractivity contribution in [3.8, 4) is 11.3 Å². The minimum absolute atomic E-state index is 0.551. The van der Waals surface area contributed by atoms with Gasteiger partial charge in [0.1, 0.15) is 12.0 Å². The van der Waals surface area contributed by atoms with Gasteiger partial charge in [0.05, 0.1) is 10.7 Å². The molecule has 1 aromatic carbocycles. The molecule has 0 aliphatic carbocycles. The van der Waals surface area contributed by atoms with Gasteiger partial charge in [0.15, 0.2) is 5.89 Å². The van der Waals surface area contributed by atoms with Gasteiger partial charge >= 0.3 is 0 Å². The van der Waals surface area contributed by atoms with Crippen molar-refractivity contribution in [1.29, 1.82) is 0 Å². The molecule has 4 heteroatoms. The topological polar surface area (TPSA) is 52.0 Å². The number of hydrogen-bond acceptors (Lipinski definition) is 3. The fourth-order valence-electron chi connectivity index (χ4n) is 1.31. The summed E-state index contributed by atoms with van der Waals surface area (Å²) in [5, 5.41) is 0.554. The summed E-state index contributed by atoms with van der Waals surface area (Å²) >= 11 is 5.83. The summed E-state index contributed by atoms with van der Waals surface area (Å²) in [5.74, 6) is 0.721. The molecule has 0 aliphatic heterocycles. The Morgan fingerprint density at radius 1 is 1.47 bits per heavy atom. The van der Waals surface area contributed by atoms with E-state index in [2.05, 4.69) is 4.98 Å². The molecule has 0 fully saturated rings. The first-order valence-corrected chi connectivity index (χ1v) is 5.08. The molecular formula is C11H11ClN2O. The van der Waals surface area contributed by atoms with Gasteiger partial charge in [-0.25, -0.2) is 4.98 Å². The Labute approximate surface area is 92.9 Å². The van der Waals surface area contributed by atoms with E-state index in [1.807, 2.05) is 13.0 Å². The number of oxazole rings is 1. The molecule has 2 rings (SSSR count). The standard InChI is InChI=1S/C11H11ClN2O/c1-2-11-14-10(6-15-11)7-3-4-8(12)9(13)5-7/h3-6H,2,13H2,1H3. The Hall–Kier alpha value is -1.48. The van der Waals surface area contributed by atoms with Gasteiger partial charge in [-0.05, 0) is 12.1 Å². The van der Waals surface area contributed by atoms with Crippen LogP contribution in [0.1, 0.15) is 12.8 Å². The number of nitrogens with zero attached hydrogens (tertiary/aromatic N) is 1. The van der Waals surface area contributed by atoms with E-state index in [1.54, 1.807) is 18.4 Å². The van der Waals surface area contributed by atoms with Crippen LogP contribution in [0.4, 0.5) is 5.69 Å². The zero-order valence-electron chi connectivity index (χ0n) is 8.33. The number of benzene rings is 1. The van der Waals surface area contributed by atoms with Crippen molar-refractivity contribution in [3.63, 3.8) is 0 Å². The fraction of sp³-hybridized carbons (Fsp3) is 0.182. The van der Waals surface area contributed by atoms with E-state index >= 15 is 0 Å². The van der Waals surface area contributed by atoms with E-state index in [0.717, 1.165) is 23.6 Å². The Morgan fingerprint density at radius 3 is 2.87 bits per heavy atom. The molecular weight excluding hydrogens is 212 g/mol. The average Bonchev–Trinajstić information content (AvgIpc) is 2.70. The van der Waals surface area contributed by atoms with Crippen LogP contribution in [-0.4, -0.2) is 4.98 Å². The first-order chi connectivity index (χ1) is 7.20. The van der Waals surface area contributed by atoms with E-state index in [0.29, 0.717) is 10.7 Å². The normalized spacial score (nSPS) is 10.5. The molecule has 3 nitrogen and oxygen atoms in total. The lowest BCUT2D eigenvalue weighted by atomic mass is 10.1. The van der Waals surface area contributed by atoms with Crippen LogP contribution in [0.3, 0.4) is 0 Å². The molecule has 0 bridgehead atoms. The maximum atomic E-state index is 5.83. The van der Waals surface area contributed by atoms with Crippen LogP contribution in [-0.2, 0) is 6.42 Å². The van der Waals surface area contributed by atoms with Gasteiger partial charge in [-0.3, -0.25) is 0 Å². The van der Waals surface area contributed by atoms with Gasteiger partial charge in [0, 0.05) is 12.0 Å². The third kappa shape index (κ3) is 1.97. The van der Waals surface area contributed by atoms with Crippen LogP contribution in [0.15, 0.2) is 28.9 Å².